The van der Waals surface area contributed by atoms with Crippen molar-refractivity contribution in [1.82, 2.24) is 9.97 Å². The number of rotatable bonds is 0. The van der Waals surface area contributed by atoms with Crippen molar-refractivity contribution in [2.45, 2.75) is 0 Å². The zero-order valence-corrected chi connectivity index (χ0v) is 8.83. The second-order valence-corrected chi connectivity index (χ2v) is 3.89. The second kappa shape index (κ2) is 2.91. The molecule has 0 aliphatic rings. The lowest BCUT2D eigenvalue weighted by Crippen LogP contribution is -1.77. The molecular weight excluding hydrogens is 263 g/mol. The van der Waals surface area contributed by atoms with E-state index in [1.54, 1.807) is 12.4 Å². The molecule has 0 spiro atoms. The van der Waals surface area contributed by atoms with Crippen LogP contribution in [-0.4, -0.2) is 9.97 Å². The van der Waals surface area contributed by atoms with Gasteiger partial charge in [0, 0.05) is 12.4 Å². The predicted molar refractivity (Wildman–Crippen MR) is 53.8 cm³/mol. The molecule has 0 atom stereocenters. The topological polar surface area (TPSA) is 28.7 Å². The van der Waals surface area contributed by atoms with Crippen molar-refractivity contribution in [1.29, 1.82) is 0 Å². The minimum Gasteiger partial charge on any atom is -0.345 e. The summed E-state index contributed by atoms with van der Waals surface area (Å²) in [6.07, 6.45) is 3.25. The molecule has 2 rings (SSSR count). The molecule has 2 aromatic heterocycles. The highest BCUT2D eigenvalue weighted by molar-refractivity contribution is 9.10. The summed E-state index contributed by atoms with van der Waals surface area (Å²) in [7, 11) is 0. The van der Waals surface area contributed by atoms with Crippen LogP contribution in [0.1, 0.15) is 0 Å². The van der Waals surface area contributed by atoms with Gasteiger partial charge in [-0.3, -0.25) is 0 Å². The van der Waals surface area contributed by atoms with Gasteiger partial charge < -0.3 is 4.98 Å². The van der Waals surface area contributed by atoms with E-state index in [4.69, 9.17) is 23.2 Å². The van der Waals surface area contributed by atoms with Gasteiger partial charge in [0.1, 0.15) is 5.65 Å². The summed E-state index contributed by atoms with van der Waals surface area (Å²) >= 11 is 15.1. The fraction of sp³-hybridized carbons (Fsp3) is 0. The molecule has 0 unspecified atom stereocenters. The Morgan fingerprint density at radius 2 is 2.08 bits per heavy atom. The molecule has 0 amide bonds. The van der Waals surface area contributed by atoms with Crippen LogP contribution >= 0.6 is 39.1 Å². The first-order valence-corrected chi connectivity index (χ1v) is 4.71. The number of nitrogens with zero attached hydrogens (tertiary/aromatic N) is 1. The maximum Gasteiger partial charge on any atom is 0.140 e. The second-order valence-electron chi connectivity index (χ2n) is 2.28. The van der Waals surface area contributed by atoms with Crippen molar-refractivity contribution in [2.75, 3.05) is 0 Å². The molecule has 12 heavy (non-hydrogen) atoms. The molecule has 0 aliphatic carbocycles. The molecule has 0 saturated heterocycles. The summed E-state index contributed by atoms with van der Waals surface area (Å²) in [5.41, 5.74) is 0.733. The van der Waals surface area contributed by atoms with E-state index in [0.717, 1.165) is 15.5 Å². The number of hydrogen-bond donors (Lipinski definition) is 1. The molecule has 62 valence electrons. The summed E-state index contributed by atoms with van der Waals surface area (Å²) in [5.74, 6) is 0. The number of nitrogens with one attached hydrogen (secondary N) is 1. The Morgan fingerprint density at radius 1 is 1.33 bits per heavy atom. The number of halogens is 3. The third-order valence-corrected chi connectivity index (χ3v) is 3.18. The van der Waals surface area contributed by atoms with Crippen LogP contribution in [0.15, 0.2) is 16.9 Å². The van der Waals surface area contributed by atoms with Crippen LogP contribution < -0.4 is 0 Å². The molecule has 0 fully saturated rings. The Bertz CT molecular complexity index is 438. The summed E-state index contributed by atoms with van der Waals surface area (Å²) in [5, 5.41) is 2.00. The summed E-state index contributed by atoms with van der Waals surface area (Å²) in [4.78, 5) is 6.98. The van der Waals surface area contributed by atoms with Crippen LogP contribution in [-0.2, 0) is 0 Å². The summed E-state index contributed by atoms with van der Waals surface area (Å²) < 4.78 is 0.778. The summed E-state index contributed by atoms with van der Waals surface area (Å²) in [6.45, 7) is 0. The van der Waals surface area contributed by atoms with Gasteiger partial charge in [0.25, 0.3) is 0 Å². The molecule has 0 bridgehead atoms. The van der Waals surface area contributed by atoms with Crippen molar-refractivity contribution in [2.24, 2.45) is 0 Å². The highest BCUT2D eigenvalue weighted by atomic mass is 79.9. The van der Waals surface area contributed by atoms with Gasteiger partial charge >= 0.3 is 0 Å². The lowest BCUT2D eigenvalue weighted by Gasteiger charge is -1.96. The van der Waals surface area contributed by atoms with Crippen LogP contribution in [0, 0.1) is 0 Å². The Hall–Kier alpha value is -0.250. The van der Waals surface area contributed by atoms with Gasteiger partial charge in [0.15, 0.2) is 0 Å². The van der Waals surface area contributed by atoms with E-state index in [2.05, 4.69) is 25.9 Å². The molecule has 1 N–H and O–H groups in total. The molecule has 0 aliphatic heterocycles. The van der Waals surface area contributed by atoms with Gasteiger partial charge in [-0.1, -0.05) is 23.2 Å². The molecule has 2 aromatic rings. The van der Waals surface area contributed by atoms with Crippen molar-refractivity contribution in [3.05, 3.63) is 26.9 Å². The smallest absolute Gasteiger partial charge is 0.140 e. The third-order valence-electron chi connectivity index (χ3n) is 1.55. The molecule has 2 nitrogen and oxygen atoms in total. The molecular formula is C7H3BrCl2N2. The first-order chi connectivity index (χ1) is 5.70. The Morgan fingerprint density at radius 3 is 2.83 bits per heavy atom. The molecule has 2 heterocycles. The van der Waals surface area contributed by atoms with Gasteiger partial charge in [-0.25, -0.2) is 4.98 Å². The number of fused-ring (bicyclic) bond motifs is 1. The minimum absolute atomic E-state index is 0.559. The number of aromatic nitrogens is 2. The van der Waals surface area contributed by atoms with E-state index in [1.807, 2.05) is 0 Å². The van der Waals surface area contributed by atoms with Crippen LogP contribution in [0.2, 0.25) is 10.0 Å². The zero-order valence-electron chi connectivity index (χ0n) is 5.74. The van der Waals surface area contributed by atoms with Crippen molar-refractivity contribution in [3.8, 4) is 0 Å². The SMILES string of the molecule is Clc1cnc2[nH]cc(Cl)c2c1Br. The lowest BCUT2D eigenvalue weighted by atomic mass is 10.3. The standard InChI is InChI=1S/C7H3BrCl2N2/c8-6-4(10)2-12-7-5(6)3(9)1-11-7/h1-2H,(H,11,12). The number of hydrogen-bond acceptors (Lipinski definition) is 1. The molecule has 5 heteroatoms. The van der Waals surface area contributed by atoms with Crippen LogP contribution in [0.25, 0.3) is 11.0 Å². The number of aromatic amines is 1. The fourth-order valence-corrected chi connectivity index (χ4v) is 2.00. The van der Waals surface area contributed by atoms with Gasteiger partial charge in [-0.2, -0.15) is 0 Å². The Balaban J connectivity index is 2.96. The first kappa shape index (κ1) is 8.35. The Kier molecular flexibility index (Phi) is 2.02. The van der Waals surface area contributed by atoms with E-state index in [0.29, 0.717) is 10.0 Å². The van der Waals surface area contributed by atoms with Crippen LogP contribution in [0.4, 0.5) is 0 Å². The molecule has 0 saturated carbocycles. The fourth-order valence-electron chi connectivity index (χ4n) is 0.997. The highest BCUT2D eigenvalue weighted by Gasteiger charge is 2.08. The van der Waals surface area contributed by atoms with Crippen molar-refractivity contribution in [3.63, 3.8) is 0 Å². The van der Waals surface area contributed by atoms with E-state index < -0.39 is 0 Å². The van der Waals surface area contributed by atoms with Gasteiger partial charge in [-0.15, -0.1) is 0 Å². The quantitative estimate of drug-likeness (QED) is 0.774. The molecule has 0 aromatic carbocycles. The monoisotopic (exact) mass is 264 g/mol. The van der Waals surface area contributed by atoms with Crippen LogP contribution in [0.3, 0.4) is 0 Å². The molecule has 0 radical (unpaired) electrons. The zero-order chi connectivity index (χ0) is 8.72. The summed E-state index contributed by atoms with van der Waals surface area (Å²) in [6, 6.07) is 0. The maximum absolute atomic E-state index is 5.89. The number of pyridine rings is 1. The van der Waals surface area contributed by atoms with E-state index in [-0.39, 0.29) is 0 Å². The maximum atomic E-state index is 5.89. The van der Waals surface area contributed by atoms with Gasteiger partial charge in [0.2, 0.25) is 0 Å². The lowest BCUT2D eigenvalue weighted by molar-refractivity contribution is 1.32. The predicted octanol–water partition coefficient (Wildman–Crippen LogP) is 3.63. The van der Waals surface area contributed by atoms with Gasteiger partial charge in [-0.05, 0) is 15.9 Å². The highest BCUT2D eigenvalue weighted by Crippen LogP contribution is 2.33. The van der Waals surface area contributed by atoms with Gasteiger partial charge in [0.05, 0.1) is 19.9 Å². The third kappa shape index (κ3) is 1.13. The van der Waals surface area contributed by atoms with Crippen molar-refractivity contribution < 1.29 is 0 Å². The van der Waals surface area contributed by atoms with Crippen molar-refractivity contribution >= 4 is 50.2 Å². The average Bonchev–Trinajstić information content (AvgIpc) is 2.41. The Labute approximate surface area is 87.0 Å². The minimum atomic E-state index is 0.559. The largest absolute Gasteiger partial charge is 0.345 e. The first-order valence-electron chi connectivity index (χ1n) is 3.16. The van der Waals surface area contributed by atoms with Crippen LogP contribution in [0.5, 0.6) is 0 Å². The number of H-pyrrole nitrogens is 1. The van der Waals surface area contributed by atoms with E-state index >= 15 is 0 Å². The normalized spacial score (nSPS) is 10.9. The van der Waals surface area contributed by atoms with E-state index in [1.165, 1.54) is 0 Å². The van der Waals surface area contributed by atoms with E-state index in [9.17, 15) is 0 Å². The average molecular weight is 266 g/mol.